The molecule has 0 fully saturated rings. The van der Waals surface area contributed by atoms with E-state index < -0.39 is 0 Å². The maximum atomic E-state index is 10.9. The number of thioether (sulfide) groups is 1. The molecular weight excluding hydrogens is 230 g/mol. The quantitative estimate of drug-likeness (QED) is 0.779. The Morgan fingerprint density at radius 3 is 3.07 bits per heavy atom. The van der Waals surface area contributed by atoms with Crippen molar-refractivity contribution < 1.29 is 9.53 Å². The van der Waals surface area contributed by atoms with Crippen LogP contribution in [0.15, 0.2) is 16.8 Å². The van der Waals surface area contributed by atoms with E-state index in [1.165, 1.54) is 12.7 Å². The summed E-state index contributed by atoms with van der Waals surface area (Å²) >= 11 is 3.37. The average molecular weight is 245 g/mol. The summed E-state index contributed by atoms with van der Waals surface area (Å²) in [7, 11) is 1.41. The van der Waals surface area contributed by atoms with Gasteiger partial charge in [-0.15, -0.1) is 0 Å². The first-order chi connectivity index (χ1) is 7.27. The van der Waals surface area contributed by atoms with Gasteiger partial charge in [0, 0.05) is 17.5 Å². The Morgan fingerprint density at radius 2 is 2.53 bits per heavy atom. The van der Waals surface area contributed by atoms with Crippen LogP contribution in [0, 0.1) is 0 Å². The van der Waals surface area contributed by atoms with Crippen molar-refractivity contribution in [2.75, 3.05) is 19.4 Å². The summed E-state index contributed by atoms with van der Waals surface area (Å²) in [5, 5.41) is 4.43. The van der Waals surface area contributed by atoms with Gasteiger partial charge in [0.2, 0.25) is 0 Å². The van der Waals surface area contributed by atoms with E-state index in [-0.39, 0.29) is 5.97 Å². The number of rotatable bonds is 6. The molecule has 3 nitrogen and oxygen atoms in total. The molecule has 0 bridgehead atoms. The first-order valence-electron chi connectivity index (χ1n) is 4.68. The molecule has 0 saturated carbocycles. The number of hydrogen-bond donors (Lipinski definition) is 1. The van der Waals surface area contributed by atoms with Crippen molar-refractivity contribution in [3.63, 3.8) is 0 Å². The van der Waals surface area contributed by atoms with Crippen LogP contribution in [-0.4, -0.2) is 25.4 Å². The summed E-state index contributed by atoms with van der Waals surface area (Å²) in [6.45, 7) is 0.600. The van der Waals surface area contributed by atoms with E-state index in [4.69, 9.17) is 5.73 Å². The monoisotopic (exact) mass is 245 g/mol. The normalized spacial score (nSPS) is 12.4. The van der Waals surface area contributed by atoms with Gasteiger partial charge in [-0.2, -0.15) is 23.1 Å². The fourth-order valence-electron chi connectivity index (χ4n) is 1.15. The Hall–Kier alpha value is -0.520. The Kier molecular flexibility index (Phi) is 5.75. The highest BCUT2D eigenvalue weighted by molar-refractivity contribution is 7.99. The number of hydrogen-bond acceptors (Lipinski definition) is 5. The Bertz CT molecular complexity index is 288. The third-order valence-electron chi connectivity index (χ3n) is 1.98. The highest BCUT2D eigenvalue weighted by Gasteiger charge is 2.11. The maximum absolute atomic E-state index is 10.9. The zero-order chi connectivity index (χ0) is 11.1. The lowest BCUT2D eigenvalue weighted by atomic mass is 10.2. The fourth-order valence-corrected chi connectivity index (χ4v) is 2.99. The molecule has 0 amide bonds. The van der Waals surface area contributed by atoms with Crippen molar-refractivity contribution in [2.24, 2.45) is 5.73 Å². The molecule has 2 N–H and O–H groups in total. The predicted octanol–water partition coefficient (Wildman–Crippen LogP) is 2.04. The van der Waals surface area contributed by atoms with E-state index in [2.05, 4.69) is 16.2 Å². The van der Waals surface area contributed by atoms with E-state index in [0.717, 1.165) is 5.75 Å². The number of thiophene rings is 1. The van der Waals surface area contributed by atoms with Crippen LogP contribution in [0.1, 0.15) is 17.2 Å². The minimum Gasteiger partial charge on any atom is -0.469 e. The van der Waals surface area contributed by atoms with Crippen LogP contribution in [-0.2, 0) is 9.53 Å². The van der Waals surface area contributed by atoms with Crippen molar-refractivity contribution in [1.82, 2.24) is 0 Å². The lowest BCUT2D eigenvalue weighted by Gasteiger charge is -2.12. The Morgan fingerprint density at radius 1 is 1.73 bits per heavy atom. The maximum Gasteiger partial charge on any atom is 0.306 e. The number of carbonyl (C=O) groups excluding carboxylic acids is 1. The highest BCUT2D eigenvalue weighted by atomic mass is 32.2. The van der Waals surface area contributed by atoms with Gasteiger partial charge in [-0.3, -0.25) is 4.79 Å². The first-order valence-corrected chi connectivity index (χ1v) is 6.67. The Balaban J connectivity index is 2.32. The van der Waals surface area contributed by atoms with E-state index in [0.29, 0.717) is 18.2 Å². The van der Waals surface area contributed by atoms with Gasteiger partial charge in [0.05, 0.1) is 13.5 Å². The van der Waals surface area contributed by atoms with Crippen LogP contribution in [0.3, 0.4) is 0 Å². The topological polar surface area (TPSA) is 52.3 Å². The summed E-state index contributed by atoms with van der Waals surface area (Å²) in [5.74, 6) is 0.591. The van der Waals surface area contributed by atoms with Gasteiger partial charge in [-0.05, 0) is 22.4 Å². The van der Waals surface area contributed by atoms with Crippen LogP contribution in [0.4, 0.5) is 0 Å². The van der Waals surface area contributed by atoms with Crippen LogP contribution in [0.2, 0.25) is 0 Å². The van der Waals surface area contributed by atoms with Crippen molar-refractivity contribution in [1.29, 1.82) is 0 Å². The predicted molar refractivity (Wildman–Crippen MR) is 65.2 cm³/mol. The second-order valence-corrected chi connectivity index (χ2v) is 5.07. The van der Waals surface area contributed by atoms with Crippen LogP contribution >= 0.6 is 23.1 Å². The van der Waals surface area contributed by atoms with Crippen LogP contribution in [0.25, 0.3) is 0 Å². The highest BCUT2D eigenvalue weighted by Crippen LogP contribution is 2.29. The number of nitrogens with two attached hydrogens (primary N) is 1. The molecule has 1 unspecified atom stereocenters. The van der Waals surface area contributed by atoms with Gasteiger partial charge in [0.1, 0.15) is 0 Å². The zero-order valence-electron chi connectivity index (χ0n) is 8.64. The lowest BCUT2D eigenvalue weighted by Crippen LogP contribution is -2.10. The molecule has 15 heavy (non-hydrogen) atoms. The van der Waals surface area contributed by atoms with Crippen molar-refractivity contribution in [3.05, 3.63) is 22.4 Å². The van der Waals surface area contributed by atoms with E-state index >= 15 is 0 Å². The first kappa shape index (κ1) is 12.5. The minimum atomic E-state index is -0.163. The smallest absolute Gasteiger partial charge is 0.306 e. The second-order valence-electron chi connectivity index (χ2n) is 2.98. The van der Waals surface area contributed by atoms with Crippen LogP contribution in [0.5, 0.6) is 0 Å². The molecule has 5 heteroatoms. The molecule has 0 spiro atoms. The summed E-state index contributed by atoms with van der Waals surface area (Å²) in [5.41, 5.74) is 6.93. The molecule has 84 valence electrons. The summed E-state index contributed by atoms with van der Waals surface area (Å²) in [6, 6.07) is 2.08. The number of ether oxygens (including phenoxy) is 1. The molecule has 1 aromatic heterocycles. The van der Waals surface area contributed by atoms with Crippen molar-refractivity contribution in [2.45, 2.75) is 11.7 Å². The SMILES string of the molecule is COC(=O)CCSC(CN)c1ccsc1. The lowest BCUT2D eigenvalue weighted by molar-refractivity contribution is -0.140. The second kappa shape index (κ2) is 6.87. The molecule has 0 saturated heterocycles. The van der Waals surface area contributed by atoms with Crippen molar-refractivity contribution >= 4 is 29.1 Å². The molecule has 0 aliphatic carbocycles. The average Bonchev–Trinajstić information content (AvgIpc) is 2.77. The molecule has 1 heterocycles. The van der Waals surface area contributed by atoms with Gasteiger partial charge >= 0.3 is 5.97 Å². The molecular formula is C10H15NO2S2. The van der Waals surface area contributed by atoms with Gasteiger partial charge < -0.3 is 10.5 Å². The summed E-state index contributed by atoms with van der Waals surface area (Å²) in [4.78, 5) is 10.9. The molecule has 0 radical (unpaired) electrons. The molecule has 1 rings (SSSR count). The van der Waals surface area contributed by atoms with Gasteiger partial charge in [-0.25, -0.2) is 0 Å². The molecule has 0 aromatic carbocycles. The number of carbonyl (C=O) groups is 1. The molecule has 0 aliphatic rings. The van der Waals surface area contributed by atoms with Crippen LogP contribution < -0.4 is 5.73 Å². The third-order valence-corrected chi connectivity index (χ3v) is 3.99. The molecule has 0 aliphatic heterocycles. The number of esters is 1. The van der Waals surface area contributed by atoms with Gasteiger partial charge in [-0.1, -0.05) is 0 Å². The largest absolute Gasteiger partial charge is 0.469 e. The summed E-state index contributed by atoms with van der Waals surface area (Å²) < 4.78 is 4.57. The van der Waals surface area contributed by atoms with Crippen molar-refractivity contribution in [3.8, 4) is 0 Å². The van der Waals surface area contributed by atoms with E-state index in [9.17, 15) is 4.79 Å². The minimum absolute atomic E-state index is 0.163. The van der Waals surface area contributed by atoms with E-state index in [1.807, 2.05) is 5.38 Å². The standard InChI is InChI=1S/C10H15NO2S2/c1-13-10(12)3-5-15-9(6-11)8-2-4-14-7-8/h2,4,7,9H,3,5-6,11H2,1H3. The molecule has 1 aromatic rings. The summed E-state index contributed by atoms with van der Waals surface area (Å²) in [6.07, 6.45) is 0.446. The molecule has 1 atom stereocenters. The van der Waals surface area contributed by atoms with Gasteiger partial charge in [0.15, 0.2) is 0 Å². The van der Waals surface area contributed by atoms with E-state index in [1.54, 1.807) is 23.1 Å². The zero-order valence-corrected chi connectivity index (χ0v) is 10.3. The van der Waals surface area contributed by atoms with Gasteiger partial charge in [0.25, 0.3) is 0 Å². The number of methoxy groups -OCH3 is 1. The third kappa shape index (κ3) is 4.24. The Labute approximate surface area is 98.0 Å². The fraction of sp³-hybridized carbons (Fsp3) is 0.500.